The van der Waals surface area contributed by atoms with E-state index >= 15 is 0 Å². The monoisotopic (exact) mass is 340 g/mol. The summed E-state index contributed by atoms with van der Waals surface area (Å²) in [6.07, 6.45) is 1.88. The summed E-state index contributed by atoms with van der Waals surface area (Å²) in [6, 6.07) is 4.66. The Morgan fingerprint density at radius 2 is 1.91 bits per heavy atom. The van der Waals surface area contributed by atoms with Gasteiger partial charge in [-0.25, -0.2) is 13.2 Å². The topological polar surface area (TPSA) is 107 Å². The lowest BCUT2D eigenvalue weighted by Gasteiger charge is -2.32. The van der Waals surface area contributed by atoms with Crippen LogP contribution < -0.4 is 5.73 Å². The number of piperidine rings is 1. The Morgan fingerprint density at radius 1 is 1.26 bits per heavy atom. The maximum Gasteiger partial charge on any atom is 0.338 e. The molecule has 23 heavy (non-hydrogen) atoms. The van der Waals surface area contributed by atoms with E-state index in [0.29, 0.717) is 12.8 Å². The van der Waals surface area contributed by atoms with Gasteiger partial charge < -0.3 is 10.5 Å². The maximum absolute atomic E-state index is 12.7. The lowest BCUT2D eigenvalue weighted by atomic mass is 10.0. The molecular formula is C15H20N2O5S. The smallest absolute Gasteiger partial charge is 0.338 e. The van der Waals surface area contributed by atoms with Crippen LogP contribution in [0.15, 0.2) is 29.2 Å². The van der Waals surface area contributed by atoms with Crippen molar-refractivity contribution in [1.29, 1.82) is 0 Å². The standard InChI is InChI=1S/C15H20N2O5S/c1-2-22-15(19)11-6-8-12(9-7-11)23(20,21)17-10-4-3-5-13(17)14(16)18/h6-9,13H,2-5,10H2,1H3,(H2,16,18)/t13-/m0/s1. The molecule has 0 bridgehead atoms. The van der Waals surface area contributed by atoms with Crippen LogP contribution in [0.1, 0.15) is 36.5 Å². The van der Waals surface area contributed by atoms with E-state index in [1.165, 1.54) is 24.3 Å². The highest BCUT2D eigenvalue weighted by molar-refractivity contribution is 7.89. The molecule has 7 nitrogen and oxygen atoms in total. The number of carbonyl (C=O) groups is 2. The van der Waals surface area contributed by atoms with Crippen molar-refractivity contribution in [3.8, 4) is 0 Å². The van der Waals surface area contributed by atoms with E-state index in [0.717, 1.165) is 10.7 Å². The van der Waals surface area contributed by atoms with Crippen molar-refractivity contribution in [3.05, 3.63) is 29.8 Å². The predicted molar refractivity (Wildman–Crippen MR) is 83.1 cm³/mol. The van der Waals surface area contributed by atoms with Gasteiger partial charge in [-0.15, -0.1) is 0 Å². The molecule has 1 aromatic rings. The number of amides is 1. The van der Waals surface area contributed by atoms with E-state index in [1.807, 2.05) is 0 Å². The van der Waals surface area contributed by atoms with Gasteiger partial charge in [0.2, 0.25) is 15.9 Å². The van der Waals surface area contributed by atoms with Crippen LogP contribution in [0.25, 0.3) is 0 Å². The molecule has 0 unspecified atom stereocenters. The SMILES string of the molecule is CCOC(=O)c1ccc(S(=O)(=O)N2CCCC[C@H]2C(N)=O)cc1. The van der Waals surface area contributed by atoms with E-state index < -0.39 is 27.9 Å². The summed E-state index contributed by atoms with van der Waals surface area (Å²) >= 11 is 0. The van der Waals surface area contributed by atoms with Crippen molar-refractivity contribution in [2.75, 3.05) is 13.2 Å². The van der Waals surface area contributed by atoms with E-state index in [-0.39, 0.29) is 23.6 Å². The molecule has 2 rings (SSSR count). The van der Waals surface area contributed by atoms with Gasteiger partial charge in [0.25, 0.3) is 0 Å². The minimum Gasteiger partial charge on any atom is -0.462 e. The first-order chi connectivity index (χ1) is 10.9. The zero-order chi connectivity index (χ0) is 17.0. The van der Waals surface area contributed by atoms with Gasteiger partial charge in [-0.05, 0) is 44.0 Å². The largest absolute Gasteiger partial charge is 0.462 e. The van der Waals surface area contributed by atoms with Gasteiger partial charge >= 0.3 is 5.97 Å². The first-order valence-electron chi connectivity index (χ1n) is 7.46. The number of nitrogens with two attached hydrogens (primary N) is 1. The molecular weight excluding hydrogens is 320 g/mol. The third-order valence-electron chi connectivity index (χ3n) is 3.75. The highest BCUT2D eigenvalue weighted by Crippen LogP contribution is 2.25. The summed E-state index contributed by atoms with van der Waals surface area (Å²) in [5, 5.41) is 0. The number of hydrogen-bond donors (Lipinski definition) is 1. The summed E-state index contributed by atoms with van der Waals surface area (Å²) in [6.45, 7) is 2.19. The second-order valence-electron chi connectivity index (χ2n) is 5.27. The van der Waals surface area contributed by atoms with Gasteiger partial charge in [-0.3, -0.25) is 4.79 Å². The zero-order valence-corrected chi connectivity index (χ0v) is 13.7. The normalized spacial score (nSPS) is 19.3. The van der Waals surface area contributed by atoms with Crippen molar-refractivity contribution in [2.24, 2.45) is 5.73 Å². The number of primary amides is 1. The molecule has 1 fully saturated rings. The van der Waals surface area contributed by atoms with Crippen molar-refractivity contribution >= 4 is 21.9 Å². The van der Waals surface area contributed by atoms with E-state index in [4.69, 9.17) is 10.5 Å². The van der Waals surface area contributed by atoms with Gasteiger partial charge in [0.15, 0.2) is 0 Å². The van der Waals surface area contributed by atoms with Crippen LogP contribution in [-0.4, -0.2) is 43.8 Å². The van der Waals surface area contributed by atoms with Crippen molar-refractivity contribution in [1.82, 2.24) is 4.31 Å². The number of nitrogens with zero attached hydrogens (tertiary/aromatic N) is 1. The van der Waals surface area contributed by atoms with Crippen LogP contribution in [0.3, 0.4) is 0 Å². The maximum atomic E-state index is 12.7. The second-order valence-corrected chi connectivity index (χ2v) is 7.17. The molecule has 0 saturated carbocycles. The zero-order valence-electron chi connectivity index (χ0n) is 12.9. The van der Waals surface area contributed by atoms with Gasteiger partial charge in [0.1, 0.15) is 6.04 Å². The molecule has 0 aromatic heterocycles. The van der Waals surface area contributed by atoms with E-state index in [2.05, 4.69) is 0 Å². The van der Waals surface area contributed by atoms with Gasteiger partial charge in [-0.2, -0.15) is 4.31 Å². The van der Waals surface area contributed by atoms with Crippen LogP contribution >= 0.6 is 0 Å². The number of sulfonamides is 1. The molecule has 1 atom stereocenters. The Hall–Kier alpha value is -1.93. The summed E-state index contributed by atoms with van der Waals surface area (Å²) in [5.41, 5.74) is 5.60. The van der Waals surface area contributed by atoms with Crippen LogP contribution in [-0.2, 0) is 19.6 Å². The number of rotatable bonds is 5. The summed E-state index contributed by atoms with van der Waals surface area (Å²) in [4.78, 5) is 23.1. The number of ether oxygens (including phenoxy) is 1. The fourth-order valence-electron chi connectivity index (χ4n) is 2.59. The van der Waals surface area contributed by atoms with Crippen LogP contribution in [0.4, 0.5) is 0 Å². The predicted octanol–water partition coefficient (Wildman–Crippen LogP) is 0.892. The van der Waals surface area contributed by atoms with Crippen LogP contribution in [0.2, 0.25) is 0 Å². The fourth-order valence-corrected chi connectivity index (χ4v) is 4.25. The third-order valence-corrected chi connectivity index (χ3v) is 5.68. The molecule has 1 heterocycles. The van der Waals surface area contributed by atoms with Gasteiger partial charge in [0.05, 0.1) is 17.1 Å². The Kier molecular flexibility index (Phi) is 5.38. The van der Waals surface area contributed by atoms with Crippen molar-refractivity contribution in [2.45, 2.75) is 37.1 Å². The Morgan fingerprint density at radius 3 is 2.48 bits per heavy atom. The highest BCUT2D eigenvalue weighted by Gasteiger charge is 2.36. The first kappa shape index (κ1) is 17.4. The average molecular weight is 340 g/mol. The quantitative estimate of drug-likeness (QED) is 0.801. The number of hydrogen-bond acceptors (Lipinski definition) is 5. The molecule has 1 aliphatic heterocycles. The molecule has 1 aliphatic rings. The van der Waals surface area contributed by atoms with Gasteiger partial charge in [0, 0.05) is 6.54 Å². The third kappa shape index (κ3) is 3.70. The molecule has 0 aliphatic carbocycles. The van der Waals surface area contributed by atoms with Crippen molar-refractivity contribution < 1.29 is 22.7 Å². The number of benzene rings is 1. The molecule has 8 heteroatoms. The molecule has 1 amide bonds. The van der Waals surface area contributed by atoms with E-state index in [9.17, 15) is 18.0 Å². The molecule has 1 saturated heterocycles. The summed E-state index contributed by atoms with van der Waals surface area (Å²) in [7, 11) is -3.83. The fraction of sp³-hybridized carbons (Fsp3) is 0.467. The van der Waals surface area contributed by atoms with Gasteiger partial charge in [-0.1, -0.05) is 6.42 Å². The average Bonchev–Trinajstić information content (AvgIpc) is 2.55. The van der Waals surface area contributed by atoms with Crippen LogP contribution in [0.5, 0.6) is 0 Å². The minimum absolute atomic E-state index is 0.0266. The number of carbonyl (C=O) groups excluding carboxylic acids is 2. The Labute approximate surface area is 135 Å². The van der Waals surface area contributed by atoms with Crippen LogP contribution in [0, 0.1) is 0 Å². The second kappa shape index (κ2) is 7.10. The molecule has 1 aromatic carbocycles. The molecule has 2 N–H and O–H groups in total. The lowest BCUT2D eigenvalue weighted by Crippen LogP contribution is -2.50. The number of esters is 1. The Balaban J connectivity index is 2.28. The lowest BCUT2D eigenvalue weighted by molar-refractivity contribution is -0.122. The first-order valence-corrected chi connectivity index (χ1v) is 8.90. The Bertz CT molecular complexity index is 684. The molecule has 0 spiro atoms. The highest BCUT2D eigenvalue weighted by atomic mass is 32.2. The van der Waals surface area contributed by atoms with E-state index in [1.54, 1.807) is 6.92 Å². The minimum atomic E-state index is -3.83. The molecule has 0 radical (unpaired) electrons. The summed E-state index contributed by atoms with van der Waals surface area (Å²) < 4.78 is 31.4. The molecule has 126 valence electrons. The summed E-state index contributed by atoms with van der Waals surface area (Å²) in [5.74, 6) is -1.15. The van der Waals surface area contributed by atoms with Crippen molar-refractivity contribution in [3.63, 3.8) is 0 Å².